The largest absolute Gasteiger partial charge is 0.462 e. The third kappa shape index (κ3) is 3.36. The van der Waals surface area contributed by atoms with Crippen molar-refractivity contribution in [1.82, 2.24) is 9.88 Å². The van der Waals surface area contributed by atoms with Crippen molar-refractivity contribution in [2.45, 2.75) is 13.3 Å². The fraction of sp³-hybridized carbons (Fsp3) is 0.182. The second-order valence-corrected chi connectivity index (χ2v) is 6.53. The molecule has 0 bridgehead atoms. The molecule has 2 heterocycles. The molecule has 0 atom stereocenters. The number of hydrogen-bond acceptors (Lipinski definition) is 3. The van der Waals surface area contributed by atoms with E-state index >= 15 is 0 Å². The smallest absolute Gasteiger partial charge is 0.341 e. The van der Waals surface area contributed by atoms with Gasteiger partial charge in [0.25, 0.3) is 0 Å². The molecule has 6 heteroatoms. The Balaban J connectivity index is 1.72. The van der Waals surface area contributed by atoms with Crippen LogP contribution in [0.25, 0.3) is 16.5 Å². The molecule has 0 saturated heterocycles. The standard InChI is InChI=1S/C22H21N3O3/c1-2-28-21(26)18-14-25(22(27)23-15-8-4-3-5-9-15)13-12-17-16-10-6-7-11-19(16)24-20(17)18/h3-11,14,24H,2,12-13H2,1H3,(H,23,27). The van der Waals surface area contributed by atoms with E-state index in [0.717, 1.165) is 22.2 Å². The van der Waals surface area contributed by atoms with Gasteiger partial charge in [-0.25, -0.2) is 9.59 Å². The molecule has 28 heavy (non-hydrogen) atoms. The monoisotopic (exact) mass is 375 g/mol. The Morgan fingerprint density at radius 3 is 2.64 bits per heavy atom. The van der Waals surface area contributed by atoms with Gasteiger partial charge >= 0.3 is 12.0 Å². The summed E-state index contributed by atoms with van der Waals surface area (Å²) >= 11 is 0. The van der Waals surface area contributed by atoms with Crippen LogP contribution in [0.15, 0.2) is 60.8 Å². The molecule has 6 nitrogen and oxygen atoms in total. The molecule has 2 amide bonds. The van der Waals surface area contributed by atoms with E-state index in [1.54, 1.807) is 13.1 Å². The van der Waals surface area contributed by atoms with Crippen LogP contribution in [0.1, 0.15) is 18.2 Å². The fourth-order valence-electron chi connectivity index (χ4n) is 3.45. The number of urea groups is 1. The number of para-hydroxylation sites is 2. The van der Waals surface area contributed by atoms with Crippen molar-refractivity contribution in [3.63, 3.8) is 0 Å². The first-order valence-electron chi connectivity index (χ1n) is 9.29. The summed E-state index contributed by atoms with van der Waals surface area (Å²) in [6.45, 7) is 2.49. The van der Waals surface area contributed by atoms with Crippen molar-refractivity contribution in [3.05, 3.63) is 72.1 Å². The molecule has 142 valence electrons. The zero-order valence-electron chi connectivity index (χ0n) is 15.6. The number of aromatic amines is 1. The third-order valence-electron chi connectivity index (χ3n) is 4.75. The van der Waals surface area contributed by atoms with Gasteiger partial charge in [0.15, 0.2) is 0 Å². The average Bonchev–Trinajstić information content (AvgIpc) is 2.96. The SMILES string of the molecule is CCOC(=O)C1=CN(C(=O)Nc2ccccc2)CCc2c1[nH]c1ccccc21. The molecule has 0 saturated carbocycles. The number of esters is 1. The van der Waals surface area contributed by atoms with Gasteiger partial charge in [0.2, 0.25) is 0 Å². The summed E-state index contributed by atoms with van der Waals surface area (Å²) in [7, 11) is 0. The molecule has 0 aliphatic carbocycles. The highest BCUT2D eigenvalue weighted by Gasteiger charge is 2.27. The Hall–Kier alpha value is -3.54. The van der Waals surface area contributed by atoms with Crippen LogP contribution in [0, 0.1) is 0 Å². The van der Waals surface area contributed by atoms with Crippen molar-refractivity contribution < 1.29 is 14.3 Å². The number of anilines is 1. The van der Waals surface area contributed by atoms with Crippen LogP contribution in [-0.4, -0.2) is 35.0 Å². The van der Waals surface area contributed by atoms with E-state index in [-0.39, 0.29) is 12.6 Å². The minimum Gasteiger partial charge on any atom is -0.462 e. The van der Waals surface area contributed by atoms with Gasteiger partial charge in [0, 0.05) is 29.3 Å². The molecule has 4 rings (SSSR count). The van der Waals surface area contributed by atoms with Gasteiger partial charge in [0.1, 0.15) is 0 Å². The van der Waals surface area contributed by atoms with E-state index in [2.05, 4.69) is 10.3 Å². The molecule has 0 unspecified atom stereocenters. The maximum absolute atomic E-state index is 12.8. The van der Waals surface area contributed by atoms with Crippen molar-refractivity contribution in [3.8, 4) is 0 Å². The van der Waals surface area contributed by atoms with Gasteiger partial charge in [-0.3, -0.25) is 4.90 Å². The zero-order chi connectivity index (χ0) is 19.5. The highest BCUT2D eigenvalue weighted by Crippen LogP contribution is 2.31. The molecule has 0 fully saturated rings. The Labute approximate surface area is 162 Å². The molecule has 2 N–H and O–H groups in total. The van der Waals surface area contributed by atoms with E-state index in [9.17, 15) is 9.59 Å². The van der Waals surface area contributed by atoms with E-state index in [1.165, 1.54) is 4.90 Å². The van der Waals surface area contributed by atoms with E-state index in [4.69, 9.17) is 4.74 Å². The van der Waals surface area contributed by atoms with Crippen molar-refractivity contribution in [2.75, 3.05) is 18.5 Å². The van der Waals surface area contributed by atoms with E-state index in [1.807, 2.05) is 54.6 Å². The molecule has 0 spiro atoms. The predicted octanol–water partition coefficient (Wildman–Crippen LogP) is 4.16. The Bertz CT molecular complexity index is 1050. The van der Waals surface area contributed by atoms with Crippen molar-refractivity contribution >= 4 is 34.2 Å². The maximum Gasteiger partial charge on any atom is 0.341 e. The summed E-state index contributed by atoms with van der Waals surface area (Å²) in [5.41, 5.74) is 3.75. The molecule has 1 aromatic heterocycles. The summed E-state index contributed by atoms with van der Waals surface area (Å²) in [5.74, 6) is -0.449. The Kier molecular flexibility index (Phi) is 4.85. The molecule has 3 aromatic rings. The number of amides is 2. The number of ether oxygens (including phenoxy) is 1. The minimum atomic E-state index is -0.449. The van der Waals surface area contributed by atoms with Crippen molar-refractivity contribution in [2.24, 2.45) is 0 Å². The highest BCUT2D eigenvalue weighted by molar-refractivity contribution is 6.18. The number of benzene rings is 2. The first-order valence-corrected chi connectivity index (χ1v) is 9.29. The molecule has 2 aromatic carbocycles. The van der Waals surface area contributed by atoms with Crippen LogP contribution >= 0.6 is 0 Å². The lowest BCUT2D eigenvalue weighted by atomic mass is 10.0. The van der Waals surface area contributed by atoms with Gasteiger partial charge in [0.05, 0.1) is 17.9 Å². The lowest BCUT2D eigenvalue weighted by Crippen LogP contribution is -2.32. The highest BCUT2D eigenvalue weighted by atomic mass is 16.5. The number of H-pyrrole nitrogens is 1. The summed E-state index contributed by atoms with van der Waals surface area (Å²) < 4.78 is 5.25. The number of carbonyl (C=O) groups excluding carboxylic acids is 2. The number of nitrogens with zero attached hydrogens (tertiary/aromatic N) is 1. The van der Waals surface area contributed by atoms with Crippen LogP contribution in [0.5, 0.6) is 0 Å². The quantitative estimate of drug-likeness (QED) is 0.675. The molecule has 1 aliphatic rings. The third-order valence-corrected chi connectivity index (χ3v) is 4.75. The molecule has 0 radical (unpaired) electrons. The lowest BCUT2D eigenvalue weighted by Gasteiger charge is -2.18. The number of fused-ring (bicyclic) bond motifs is 3. The maximum atomic E-state index is 12.8. The first kappa shape index (κ1) is 17.9. The van der Waals surface area contributed by atoms with Crippen molar-refractivity contribution in [1.29, 1.82) is 0 Å². The van der Waals surface area contributed by atoms with Gasteiger partial charge in [-0.15, -0.1) is 0 Å². The van der Waals surface area contributed by atoms with Crippen LogP contribution in [0.4, 0.5) is 10.5 Å². The Morgan fingerprint density at radius 2 is 1.86 bits per heavy atom. The van der Waals surface area contributed by atoms with Crippen LogP contribution in [0.3, 0.4) is 0 Å². The Morgan fingerprint density at radius 1 is 1.11 bits per heavy atom. The topological polar surface area (TPSA) is 74.4 Å². The number of rotatable bonds is 3. The fourth-order valence-corrected chi connectivity index (χ4v) is 3.45. The summed E-state index contributed by atoms with van der Waals surface area (Å²) in [6.07, 6.45) is 2.21. The molecule has 1 aliphatic heterocycles. The zero-order valence-corrected chi connectivity index (χ0v) is 15.6. The predicted molar refractivity (Wildman–Crippen MR) is 109 cm³/mol. The number of aromatic nitrogens is 1. The average molecular weight is 375 g/mol. The lowest BCUT2D eigenvalue weighted by molar-refractivity contribution is -0.136. The van der Waals surface area contributed by atoms with Gasteiger partial charge in [-0.05, 0) is 37.1 Å². The molecular weight excluding hydrogens is 354 g/mol. The van der Waals surface area contributed by atoms with Crippen LogP contribution in [0.2, 0.25) is 0 Å². The summed E-state index contributed by atoms with van der Waals surface area (Å²) in [6, 6.07) is 16.9. The summed E-state index contributed by atoms with van der Waals surface area (Å²) in [4.78, 5) is 30.3. The minimum absolute atomic E-state index is 0.266. The second kappa shape index (κ2) is 7.60. The first-order chi connectivity index (χ1) is 13.7. The normalized spacial score (nSPS) is 13.5. The van der Waals surface area contributed by atoms with Gasteiger partial charge in [-0.2, -0.15) is 0 Å². The molecular formula is C22H21N3O3. The van der Waals surface area contributed by atoms with Gasteiger partial charge < -0.3 is 15.0 Å². The van der Waals surface area contributed by atoms with E-state index in [0.29, 0.717) is 24.2 Å². The van der Waals surface area contributed by atoms with Crippen LogP contribution < -0.4 is 5.32 Å². The number of nitrogens with one attached hydrogen (secondary N) is 2. The second-order valence-electron chi connectivity index (χ2n) is 6.53. The number of hydrogen-bond donors (Lipinski definition) is 2. The van der Waals surface area contributed by atoms with E-state index < -0.39 is 5.97 Å². The van der Waals surface area contributed by atoms with Crippen LogP contribution in [-0.2, 0) is 16.0 Å². The number of carbonyl (C=O) groups is 2. The van der Waals surface area contributed by atoms with Gasteiger partial charge in [-0.1, -0.05) is 36.4 Å². The summed E-state index contributed by atoms with van der Waals surface area (Å²) in [5, 5.41) is 3.92.